The number of rotatable bonds is 8. The molecule has 0 spiro atoms. The molecule has 1 amide bonds. The molecule has 0 radical (unpaired) electrons. The number of carbonyl (C=O) groups is 2. The standard InChI is InChI=1S/C20H29NO5S/c1-3-4-7-15-10-12-16(13-11-15)20(23)26-14-19(22)21-17-8-5-6-9-18(17)27(2,24)25/h5-6,8-9,15-16H,3-4,7,10-14H2,1-2H3,(H,21,22). The average molecular weight is 396 g/mol. The number of para-hydroxylation sites is 1. The zero-order valence-corrected chi connectivity index (χ0v) is 16.9. The molecule has 1 aromatic carbocycles. The van der Waals surface area contributed by atoms with Crippen molar-refractivity contribution in [1.82, 2.24) is 0 Å². The summed E-state index contributed by atoms with van der Waals surface area (Å²) in [5, 5.41) is 2.51. The first kappa shape index (κ1) is 21.4. The van der Waals surface area contributed by atoms with Gasteiger partial charge in [0.1, 0.15) is 0 Å². The molecular weight excluding hydrogens is 366 g/mol. The maximum Gasteiger partial charge on any atom is 0.309 e. The number of anilines is 1. The molecule has 7 heteroatoms. The van der Waals surface area contributed by atoms with E-state index in [1.165, 1.54) is 31.4 Å². The number of hydrogen-bond acceptors (Lipinski definition) is 5. The van der Waals surface area contributed by atoms with Crippen LogP contribution in [0.2, 0.25) is 0 Å². The van der Waals surface area contributed by atoms with Crippen molar-refractivity contribution in [2.75, 3.05) is 18.2 Å². The molecule has 1 aliphatic rings. The second-order valence-corrected chi connectivity index (χ2v) is 9.27. The molecule has 0 aliphatic heterocycles. The highest BCUT2D eigenvalue weighted by atomic mass is 32.2. The van der Waals surface area contributed by atoms with E-state index in [2.05, 4.69) is 12.2 Å². The van der Waals surface area contributed by atoms with E-state index in [9.17, 15) is 18.0 Å². The van der Waals surface area contributed by atoms with Crippen molar-refractivity contribution >= 4 is 27.4 Å². The van der Waals surface area contributed by atoms with Gasteiger partial charge in [-0.3, -0.25) is 9.59 Å². The topological polar surface area (TPSA) is 89.5 Å². The third-order valence-electron chi connectivity index (χ3n) is 5.05. The fourth-order valence-corrected chi connectivity index (χ4v) is 4.36. The molecule has 0 aromatic heterocycles. The Morgan fingerprint density at radius 2 is 1.81 bits per heavy atom. The first-order chi connectivity index (χ1) is 12.8. The van der Waals surface area contributed by atoms with Gasteiger partial charge in [0.2, 0.25) is 0 Å². The number of unbranched alkanes of at least 4 members (excludes halogenated alkanes) is 1. The lowest BCUT2D eigenvalue weighted by molar-refractivity contribution is -0.152. The van der Waals surface area contributed by atoms with Crippen molar-refractivity contribution in [3.63, 3.8) is 0 Å². The van der Waals surface area contributed by atoms with Gasteiger partial charge in [-0.1, -0.05) is 38.3 Å². The maximum atomic E-state index is 12.2. The lowest BCUT2D eigenvalue weighted by atomic mass is 9.80. The molecule has 0 bridgehead atoms. The average Bonchev–Trinajstić information content (AvgIpc) is 2.64. The zero-order chi connectivity index (χ0) is 19.9. The fourth-order valence-electron chi connectivity index (χ4n) is 3.51. The summed E-state index contributed by atoms with van der Waals surface area (Å²) in [5.74, 6) is -0.324. The van der Waals surface area contributed by atoms with Crippen LogP contribution < -0.4 is 5.32 Å². The van der Waals surface area contributed by atoms with Crippen LogP contribution in [0.3, 0.4) is 0 Å². The number of benzene rings is 1. The van der Waals surface area contributed by atoms with Gasteiger partial charge < -0.3 is 10.1 Å². The minimum absolute atomic E-state index is 0.0371. The molecule has 0 unspecified atom stereocenters. The van der Waals surface area contributed by atoms with E-state index in [0.29, 0.717) is 5.92 Å². The van der Waals surface area contributed by atoms with Gasteiger partial charge in [0.15, 0.2) is 16.4 Å². The fraction of sp³-hybridized carbons (Fsp3) is 0.600. The van der Waals surface area contributed by atoms with Gasteiger partial charge in [0.05, 0.1) is 16.5 Å². The second-order valence-electron chi connectivity index (χ2n) is 7.28. The van der Waals surface area contributed by atoms with Crippen LogP contribution in [-0.4, -0.2) is 33.2 Å². The predicted molar refractivity (Wildman–Crippen MR) is 104 cm³/mol. The lowest BCUT2D eigenvalue weighted by Gasteiger charge is -2.27. The molecule has 0 atom stereocenters. The van der Waals surface area contributed by atoms with Crippen LogP contribution in [0, 0.1) is 11.8 Å². The third kappa shape index (κ3) is 6.65. The zero-order valence-electron chi connectivity index (χ0n) is 16.1. The van der Waals surface area contributed by atoms with Crippen LogP contribution >= 0.6 is 0 Å². The number of ether oxygens (including phenoxy) is 1. The van der Waals surface area contributed by atoms with Crippen molar-refractivity contribution < 1.29 is 22.7 Å². The molecule has 0 heterocycles. The number of carbonyl (C=O) groups excluding carboxylic acids is 2. The van der Waals surface area contributed by atoms with E-state index in [4.69, 9.17) is 4.74 Å². The van der Waals surface area contributed by atoms with Crippen LogP contribution in [-0.2, 0) is 24.2 Å². The molecule has 150 valence electrons. The van der Waals surface area contributed by atoms with Gasteiger partial charge in [-0.2, -0.15) is 0 Å². The monoisotopic (exact) mass is 395 g/mol. The Bertz CT molecular complexity index is 751. The smallest absolute Gasteiger partial charge is 0.309 e. The highest BCUT2D eigenvalue weighted by Gasteiger charge is 2.27. The summed E-state index contributed by atoms with van der Waals surface area (Å²) in [6.45, 7) is 1.77. The molecule has 1 aliphatic carbocycles. The van der Waals surface area contributed by atoms with E-state index in [1.807, 2.05) is 0 Å². The molecule has 6 nitrogen and oxygen atoms in total. The van der Waals surface area contributed by atoms with Gasteiger partial charge in [-0.25, -0.2) is 8.42 Å². The molecule has 0 saturated heterocycles. The van der Waals surface area contributed by atoms with Crippen LogP contribution in [0.25, 0.3) is 0 Å². The summed E-state index contributed by atoms with van der Waals surface area (Å²) in [7, 11) is -3.46. The minimum Gasteiger partial charge on any atom is -0.455 e. The molecule has 27 heavy (non-hydrogen) atoms. The highest BCUT2D eigenvalue weighted by molar-refractivity contribution is 7.90. The number of nitrogens with one attached hydrogen (secondary N) is 1. The van der Waals surface area contributed by atoms with Crippen molar-refractivity contribution in [3.8, 4) is 0 Å². The first-order valence-electron chi connectivity index (χ1n) is 9.56. The van der Waals surface area contributed by atoms with Crippen molar-refractivity contribution in [2.45, 2.75) is 56.8 Å². The van der Waals surface area contributed by atoms with E-state index in [-0.39, 0.29) is 22.5 Å². The van der Waals surface area contributed by atoms with Gasteiger partial charge >= 0.3 is 5.97 Å². The molecule has 1 saturated carbocycles. The van der Waals surface area contributed by atoms with E-state index < -0.39 is 22.4 Å². The summed E-state index contributed by atoms with van der Waals surface area (Å²) in [4.78, 5) is 24.3. The van der Waals surface area contributed by atoms with Crippen LogP contribution in [0.1, 0.15) is 51.9 Å². The van der Waals surface area contributed by atoms with E-state index >= 15 is 0 Å². The number of sulfone groups is 1. The maximum absolute atomic E-state index is 12.2. The number of esters is 1. The molecule has 1 aromatic rings. The minimum atomic E-state index is -3.46. The van der Waals surface area contributed by atoms with Crippen LogP contribution in [0.15, 0.2) is 29.2 Å². The van der Waals surface area contributed by atoms with Gasteiger partial charge in [0, 0.05) is 6.26 Å². The molecule has 1 N–H and O–H groups in total. The number of hydrogen-bond donors (Lipinski definition) is 1. The molecule has 1 fully saturated rings. The Morgan fingerprint density at radius 3 is 2.44 bits per heavy atom. The Labute approximate surface area is 161 Å². The normalized spacial score (nSPS) is 20.1. The van der Waals surface area contributed by atoms with Crippen molar-refractivity contribution in [2.24, 2.45) is 11.8 Å². The molecule has 2 rings (SSSR count). The number of amides is 1. The summed E-state index contributed by atoms with van der Waals surface area (Å²) in [6.07, 6.45) is 8.42. The Morgan fingerprint density at radius 1 is 1.15 bits per heavy atom. The lowest BCUT2D eigenvalue weighted by Crippen LogP contribution is -2.27. The Hall–Kier alpha value is -1.89. The van der Waals surface area contributed by atoms with E-state index in [1.54, 1.807) is 12.1 Å². The van der Waals surface area contributed by atoms with Gasteiger partial charge in [0.25, 0.3) is 5.91 Å². The highest BCUT2D eigenvalue weighted by Crippen LogP contribution is 2.32. The van der Waals surface area contributed by atoms with Crippen LogP contribution in [0.4, 0.5) is 5.69 Å². The first-order valence-corrected chi connectivity index (χ1v) is 11.5. The van der Waals surface area contributed by atoms with E-state index in [0.717, 1.165) is 31.9 Å². The van der Waals surface area contributed by atoms with Crippen molar-refractivity contribution in [1.29, 1.82) is 0 Å². The Kier molecular flexibility index (Phi) is 7.83. The summed E-state index contributed by atoms with van der Waals surface area (Å²) in [5.41, 5.74) is 0.192. The summed E-state index contributed by atoms with van der Waals surface area (Å²) in [6, 6.07) is 6.15. The summed E-state index contributed by atoms with van der Waals surface area (Å²) < 4.78 is 28.7. The molecular formula is C20H29NO5S. The summed E-state index contributed by atoms with van der Waals surface area (Å²) >= 11 is 0. The third-order valence-corrected chi connectivity index (χ3v) is 6.21. The quantitative estimate of drug-likeness (QED) is 0.680. The SMILES string of the molecule is CCCCC1CCC(C(=O)OCC(=O)Nc2ccccc2S(C)(=O)=O)CC1. The Balaban J connectivity index is 1.80. The van der Waals surface area contributed by atoms with Gasteiger partial charge in [-0.05, 0) is 43.7 Å². The predicted octanol–water partition coefficient (Wildman–Crippen LogP) is 3.57. The second kappa shape index (κ2) is 9.88. The van der Waals surface area contributed by atoms with Gasteiger partial charge in [-0.15, -0.1) is 0 Å². The largest absolute Gasteiger partial charge is 0.455 e. The van der Waals surface area contributed by atoms with Crippen LogP contribution in [0.5, 0.6) is 0 Å². The van der Waals surface area contributed by atoms with Crippen molar-refractivity contribution in [3.05, 3.63) is 24.3 Å².